The molecule has 1 unspecified atom stereocenters. The highest BCUT2D eigenvalue weighted by molar-refractivity contribution is 7.89. The number of nitrogens with zero attached hydrogens (tertiary/aromatic N) is 2. The maximum absolute atomic E-state index is 12.7. The summed E-state index contributed by atoms with van der Waals surface area (Å²) in [6, 6.07) is 6.18. The molecule has 0 aromatic heterocycles. The van der Waals surface area contributed by atoms with Crippen LogP contribution >= 0.6 is 0 Å². The first-order valence-electron chi connectivity index (χ1n) is 8.12. The van der Waals surface area contributed by atoms with E-state index in [0.717, 1.165) is 19.5 Å². The van der Waals surface area contributed by atoms with Crippen LogP contribution in [0.15, 0.2) is 29.2 Å². The van der Waals surface area contributed by atoms with Crippen molar-refractivity contribution in [3.05, 3.63) is 29.8 Å². The fourth-order valence-corrected chi connectivity index (χ4v) is 4.94. The minimum atomic E-state index is -3.50. The van der Waals surface area contributed by atoms with Gasteiger partial charge in [0.05, 0.1) is 4.90 Å². The van der Waals surface area contributed by atoms with Crippen molar-refractivity contribution >= 4 is 15.9 Å². The summed E-state index contributed by atoms with van der Waals surface area (Å²) in [6.45, 7) is 3.26. The third-order valence-corrected chi connectivity index (χ3v) is 6.69. The third-order valence-electron chi connectivity index (χ3n) is 4.81. The molecular formula is C16H23N3O3S. The van der Waals surface area contributed by atoms with Crippen molar-refractivity contribution in [2.75, 3.05) is 26.2 Å². The lowest BCUT2D eigenvalue weighted by atomic mass is 10.1. The molecule has 2 N–H and O–H groups in total. The molecule has 1 aromatic rings. The number of nitrogens with two attached hydrogens (primary N) is 1. The van der Waals surface area contributed by atoms with E-state index < -0.39 is 15.9 Å². The SMILES string of the molecule is NC(=O)c1ccc(S(=O)(=O)N2CCC(N3CCCCC3)C2)cc1. The maximum atomic E-state index is 12.7. The molecule has 7 heteroatoms. The lowest BCUT2D eigenvalue weighted by molar-refractivity contribution is 0.1000. The van der Waals surface area contributed by atoms with Crippen LogP contribution in [0.3, 0.4) is 0 Å². The molecule has 0 aliphatic carbocycles. The van der Waals surface area contributed by atoms with Gasteiger partial charge in [0.2, 0.25) is 15.9 Å². The van der Waals surface area contributed by atoms with Gasteiger partial charge in [0.25, 0.3) is 0 Å². The number of carbonyl (C=O) groups excluding carboxylic acids is 1. The molecule has 0 bridgehead atoms. The Bertz CT molecular complexity index is 666. The average Bonchev–Trinajstić information content (AvgIpc) is 3.06. The Balaban J connectivity index is 1.71. The number of carbonyl (C=O) groups is 1. The fraction of sp³-hybridized carbons (Fsp3) is 0.562. The van der Waals surface area contributed by atoms with Gasteiger partial charge in [0, 0.05) is 24.7 Å². The summed E-state index contributed by atoms with van der Waals surface area (Å²) in [6.07, 6.45) is 4.58. The highest BCUT2D eigenvalue weighted by atomic mass is 32.2. The van der Waals surface area contributed by atoms with Crippen molar-refractivity contribution in [1.82, 2.24) is 9.21 Å². The Labute approximate surface area is 137 Å². The first-order valence-corrected chi connectivity index (χ1v) is 9.56. The van der Waals surface area contributed by atoms with Crippen LogP contribution in [0.1, 0.15) is 36.0 Å². The van der Waals surface area contributed by atoms with Gasteiger partial charge in [0.15, 0.2) is 0 Å². The van der Waals surface area contributed by atoms with E-state index in [1.807, 2.05) is 0 Å². The molecule has 0 saturated carbocycles. The van der Waals surface area contributed by atoms with Crippen LogP contribution < -0.4 is 5.73 Å². The zero-order valence-corrected chi connectivity index (χ0v) is 14.0. The third kappa shape index (κ3) is 3.41. The summed E-state index contributed by atoms with van der Waals surface area (Å²) in [5.74, 6) is -0.555. The van der Waals surface area contributed by atoms with Crippen LogP contribution in [-0.2, 0) is 10.0 Å². The molecule has 0 radical (unpaired) electrons. The van der Waals surface area contributed by atoms with Gasteiger partial charge < -0.3 is 5.73 Å². The van der Waals surface area contributed by atoms with E-state index in [9.17, 15) is 13.2 Å². The van der Waals surface area contributed by atoms with E-state index in [1.54, 1.807) is 4.31 Å². The Kier molecular flexibility index (Phi) is 4.70. The number of piperidine rings is 1. The molecule has 2 saturated heterocycles. The molecule has 1 atom stereocenters. The normalized spacial score (nSPS) is 23.9. The molecule has 6 nitrogen and oxygen atoms in total. The molecule has 1 aromatic carbocycles. The number of hydrogen-bond acceptors (Lipinski definition) is 4. The Morgan fingerprint density at radius 1 is 1.04 bits per heavy atom. The lowest BCUT2D eigenvalue weighted by Gasteiger charge is -2.32. The van der Waals surface area contributed by atoms with E-state index in [1.165, 1.54) is 43.5 Å². The van der Waals surface area contributed by atoms with Gasteiger partial charge in [-0.2, -0.15) is 4.31 Å². The van der Waals surface area contributed by atoms with Gasteiger partial charge in [0.1, 0.15) is 0 Å². The molecule has 2 fully saturated rings. The molecule has 1 amide bonds. The van der Waals surface area contributed by atoms with E-state index in [4.69, 9.17) is 5.73 Å². The molecule has 2 aliphatic rings. The van der Waals surface area contributed by atoms with E-state index in [-0.39, 0.29) is 4.90 Å². The number of likely N-dealkylation sites (tertiary alicyclic amines) is 1. The van der Waals surface area contributed by atoms with E-state index in [2.05, 4.69) is 4.90 Å². The lowest BCUT2D eigenvalue weighted by Crippen LogP contribution is -2.41. The van der Waals surface area contributed by atoms with Crippen LogP contribution in [0.4, 0.5) is 0 Å². The number of rotatable bonds is 4. The van der Waals surface area contributed by atoms with Crippen molar-refractivity contribution in [1.29, 1.82) is 0 Å². The minimum Gasteiger partial charge on any atom is -0.366 e. The highest BCUT2D eigenvalue weighted by Crippen LogP contribution is 2.25. The van der Waals surface area contributed by atoms with Gasteiger partial charge in [-0.1, -0.05) is 6.42 Å². The summed E-state index contributed by atoms with van der Waals surface area (Å²) in [7, 11) is -3.50. The number of amides is 1. The molecule has 0 spiro atoms. The van der Waals surface area contributed by atoms with Crippen molar-refractivity contribution < 1.29 is 13.2 Å². The number of hydrogen-bond donors (Lipinski definition) is 1. The predicted molar refractivity (Wildman–Crippen MR) is 87.5 cm³/mol. The smallest absolute Gasteiger partial charge is 0.248 e. The molecule has 2 heterocycles. The topological polar surface area (TPSA) is 83.7 Å². The van der Waals surface area contributed by atoms with Gasteiger partial charge in [-0.25, -0.2) is 8.42 Å². The molecule has 3 rings (SSSR count). The monoisotopic (exact) mass is 337 g/mol. The second-order valence-corrected chi connectivity index (χ2v) is 8.23. The summed E-state index contributed by atoms with van der Waals surface area (Å²) in [4.78, 5) is 13.7. The number of sulfonamides is 1. The maximum Gasteiger partial charge on any atom is 0.248 e. The standard InChI is InChI=1S/C16H23N3O3S/c17-16(20)13-4-6-15(7-5-13)23(21,22)19-11-8-14(12-19)18-9-2-1-3-10-18/h4-7,14H,1-3,8-12H2,(H2,17,20). The summed E-state index contributed by atoms with van der Waals surface area (Å²) >= 11 is 0. The quantitative estimate of drug-likeness (QED) is 0.889. The summed E-state index contributed by atoms with van der Waals surface area (Å²) in [5.41, 5.74) is 5.51. The molecule has 126 valence electrons. The first-order chi connectivity index (χ1) is 11.0. The van der Waals surface area contributed by atoms with Crippen molar-refractivity contribution in [3.8, 4) is 0 Å². The van der Waals surface area contributed by atoms with Gasteiger partial charge in [-0.3, -0.25) is 9.69 Å². The Morgan fingerprint density at radius 3 is 2.30 bits per heavy atom. The summed E-state index contributed by atoms with van der Waals surface area (Å²) < 4.78 is 27.0. The first kappa shape index (κ1) is 16.4. The zero-order chi connectivity index (χ0) is 16.4. The number of primary amides is 1. The Hall–Kier alpha value is -1.44. The second kappa shape index (κ2) is 6.59. The van der Waals surface area contributed by atoms with Crippen LogP contribution in [0.5, 0.6) is 0 Å². The minimum absolute atomic E-state index is 0.224. The Morgan fingerprint density at radius 2 is 1.70 bits per heavy atom. The van der Waals surface area contributed by atoms with Crippen LogP contribution in [0.2, 0.25) is 0 Å². The van der Waals surface area contributed by atoms with Gasteiger partial charge in [-0.15, -0.1) is 0 Å². The molecule has 23 heavy (non-hydrogen) atoms. The second-order valence-electron chi connectivity index (χ2n) is 6.29. The van der Waals surface area contributed by atoms with Gasteiger partial charge >= 0.3 is 0 Å². The van der Waals surface area contributed by atoms with Crippen molar-refractivity contribution in [3.63, 3.8) is 0 Å². The van der Waals surface area contributed by atoms with Crippen molar-refractivity contribution in [2.24, 2.45) is 5.73 Å². The zero-order valence-electron chi connectivity index (χ0n) is 13.1. The fourth-order valence-electron chi connectivity index (χ4n) is 3.45. The predicted octanol–water partition coefficient (Wildman–Crippen LogP) is 1.03. The van der Waals surface area contributed by atoms with Crippen LogP contribution in [0, 0.1) is 0 Å². The summed E-state index contributed by atoms with van der Waals surface area (Å²) in [5, 5.41) is 0. The number of benzene rings is 1. The average molecular weight is 337 g/mol. The molecular weight excluding hydrogens is 314 g/mol. The molecule has 2 aliphatic heterocycles. The van der Waals surface area contributed by atoms with E-state index in [0.29, 0.717) is 24.7 Å². The van der Waals surface area contributed by atoms with Crippen LogP contribution in [-0.4, -0.2) is 55.8 Å². The van der Waals surface area contributed by atoms with Crippen molar-refractivity contribution in [2.45, 2.75) is 36.6 Å². The highest BCUT2D eigenvalue weighted by Gasteiger charge is 2.35. The van der Waals surface area contributed by atoms with Gasteiger partial charge in [-0.05, 0) is 56.6 Å². The van der Waals surface area contributed by atoms with E-state index >= 15 is 0 Å². The van der Waals surface area contributed by atoms with Crippen LogP contribution in [0.25, 0.3) is 0 Å². The largest absolute Gasteiger partial charge is 0.366 e.